The van der Waals surface area contributed by atoms with Gasteiger partial charge in [-0.25, -0.2) is 0 Å². The van der Waals surface area contributed by atoms with Gasteiger partial charge in [0.05, 0.1) is 23.6 Å². The molecule has 5 heteroatoms. The molecule has 1 N–H and O–H groups in total. The van der Waals surface area contributed by atoms with Gasteiger partial charge in [0.25, 0.3) is 0 Å². The third-order valence-electron chi connectivity index (χ3n) is 3.08. The lowest BCUT2D eigenvalue weighted by Crippen LogP contribution is -2.14. The van der Waals surface area contributed by atoms with Crippen molar-refractivity contribution in [2.24, 2.45) is 0 Å². The number of anilines is 2. The minimum absolute atomic E-state index is 0.0958. The van der Waals surface area contributed by atoms with Crippen molar-refractivity contribution in [3.8, 4) is 0 Å². The molecule has 0 spiro atoms. The zero-order chi connectivity index (χ0) is 14.7. The summed E-state index contributed by atoms with van der Waals surface area (Å²) in [5.41, 5.74) is 3.15. The Bertz CT molecular complexity index is 601. The molecule has 0 bridgehead atoms. The normalized spacial score (nSPS) is 12.1. The molecule has 0 saturated heterocycles. The van der Waals surface area contributed by atoms with Crippen LogP contribution in [0.1, 0.15) is 18.5 Å². The molecule has 0 aliphatic heterocycles. The molecule has 2 aromatic rings. The van der Waals surface area contributed by atoms with Crippen LogP contribution in [0.2, 0.25) is 5.02 Å². The number of aromatic nitrogens is 1. The van der Waals surface area contributed by atoms with Gasteiger partial charge in [-0.15, -0.1) is 0 Å². The average Bonchev–Trinajstić information content (AvgIpc) is 2.38. The molecule has 1 aromatic heterocycles. The number of nitrogens with one attached hydrogen (secondary N) is 1. The van der Waals surface area contributed by atoms with Crippen LogP contribution in [-0.4, -0.2) is 19.1 Å². The fourth-order valence-electron chi connectivity index (χ4n) is 2.05. The molecule has 1 unspecified atom stereocenters. The summed E-state index contributed by atoms with van der Waals surface area (Å²) >= 11 is 9.72. The maximum atomic E-state index is 6.30. The lowest BCUT2D eigenvalue weighted by molar-refractivity contribution is 0.880. The first-order valence-electron chi connectivity index (χ1n) is 6.32. The summed E-state index contributed by atoms with van der Waals surface area (Å²) in [5.74, 6) is 0. The first kappa shape index (κ1) is 15.1. The number of pyridine rings is 1. The molecule has 106 valence electrons. The summed E-state index contributed by atoms with van der Waals surface area (Å²) in [4.78, 5) is 6.24. The van der Waals surface area contributed by atoms with Crippen LogP contribution in [0, 0.1) is 0 Å². The smallest absolute Gasteiger partial charge is 0.0768 e. The van der Waals surface area contributed by atoms with Gasteiger partial charge in [0.1, 0.15) is 0 Å². The molecule has 0 amide bonds. The summed E-state index contributed by atoms with van der Waals surface area (Å²) < 4.78 is 0.980. The van der Waals surface area contributed by atoms with E-state index in [1.807, 2.05) is 44.6 Å². The first-order chi connectivity index (χ1) is 9.49. The van der Waals surface area contributed by atoms with Crippen LogP contribution < -0.4 is 10.2 Å². The largest absolute Gasteiger partial charge is 0.376 e. The van der Waals surface area contributed by atoms with E-state index < -0.39 is 0 Å². The maximum Gasteiger partial charge on any atom is 0.0768 e. The van der Waals surface area contributed by atoms with Gasteiger partial charge in [0.15, 0.2) is 0 Å². The Kier molecular flexibility index (Phi) is 4.89. The molecule has 0 radical (unpaired) electrons. The van der Waals surface area contributed by atoms with Gasteiger partial charge in [0, 0.05) is 29.8 Å². The Hall–Kier alpha value is -1.26. The van der Waals surface area contributed by atoms with Crippen LogP contribution >= 0.6 is 27.5 Å². The second-order valence-corrected chi connectivity index (χ2v) is 6.14. The molecular formula is C15H17BrClN3. The second kappa shape index (κ2) is 6.46. The highest BCUT2D eigenvalue weighted by Crippen LogP contribution is 2.31. The summed E-state index contributed by atoms with van der Waals surface area (Å²) in [7, 11) is 4.02. The standard InChI is InChI=1S/C15H17BrClN3/c1-10(12-5-4-11(16)8-13(12)17)19-14-9-18-7-6-15(14)20(2)3/h4-10,19H,1-3H3. The summed E-state index contributed by atoms with van der Waals surface area (Å²) in [5, 5.41) is 4.21. The highest BCUT2D eigenvalue weighted by molar-refractivity contribution is 9.10. The number of halogens is 2. The van der Waals surface area contributed by atoms with Gasteiger partial charge in [-0.2, -0.15) is 0 Å². The topological polar surface area (TPSA) is 28.2 Å². The van der Waals surface area contributed by atoms with E-state index in [1.165, 1.54) is 0 Å². The van der Waals surface area contributed by atoms with Gasteiger partial charge >= 0.3 is 0 Å². The van der Waals surface area contributed by atoms with Gasteiger partial charge < -0.3 is 10.2 Å². The van der Waals surface area contributed by atoms with Crippen LogP contribution in [-0.2, 0) is 0 Å². The molecule has 0 saturated carbocycles. The van der Waals surface area contributed by atoms with Crippen LogP contribution in [0.3, 0.4) is 0 Å². The minimum atomic E-state index is 0.0958. The second-order valence-electron chi connectivity index (χ2n) is 4.82. The van der Waals surface area contributed by atoms with E-state index >= 15 is 0 Å². The summed E-state index contributed by atoms with van der Waals surface area (Å²) in [6.45, 7) is 2.08. The Morgan fingerprint density at radius 1 is 1.30 bits per heavy atom. The quantitative estimate of drug-likeness (QED) is 0.860. The fraction of sp³-hybridized carbons (Fsp3) is 0.267. The molecular weight excluding hydrogens is 338 g/mol. The first-order valence-corrected chi connectivity index (χ1v) is 7.49. The molecule has 0 aliphatic carbocycles. The van der Waals surface area contributed by atoms with Crippen LogP contribution in [0.4, 0.5) is 11.4 Å². The Balaban J connectivity index is 2.26. The van der Waals surface area contributed by atoms with E-state index in [1.54, 1.807) is 6.20 Å². The van der Waals surface area contributed by atoms with Gasteiger partial charge in [-0.05, 0) is 30.7 Å². The Labute approximate surface area is 133 Å². The number of hydrogen-bond donors (Lipinski definition) is 1. The Morgan fingerprint density at radius 2 is 2.05 bits per heavy atom. The van der Waals surface area contributed by atoms with E-state index in [2.05, 4.69) is 38.1 Å². The van der Waals surface area contributed by atoms with Crippen LogP contribution in [0.5, 0.6) is 0 Å². The molecule has 2 rings (SSSR count). The monoisotopic (exact) mass is 353 g/mol. The molecule has 1 aromatic carbocycles. The van der Waals surface area contributed by atoms with Gasteiger partial charge in [0.2, 0.25) is 0 Å². The SMILES string of the molecule is CC(Nc1cnccc1N(C)C)c1ccc(Br)cc1Cl. The molecule has 20 heavy (non-hydrogen) atoms. The molecule has 0 aliphatic rings. The number of rotatable bonds is 4. The molecule has 0 fully saturated rings. The molecule has 1 heterocycles. The van der Waals surface area contributed by atoms with Crippen molar-refractivity contribution in [1.82, 2.24) is 4.98 Å². The van der Waals surface area contributed by atoms with Gasteiger partial charge in [-0.1, -0.05) is 33.6 Å². The van der Waals surface area contributed by atoms with E-state index in [-0.39, 0.29) is 6.04 Å². The minimum Gasteiger partial charge on any atom is -0.376 e. The Morgan fingerprint density at radius 3 is 2.70 bits per heavy atom. The van der Waals surface area contributed by atoms with E-state index in [4.69, 9.17) is 11.6 Å². The highest BCUT2D eigenvalue weighted by atomic mass is 79.9. The zero-order valence-electron chi connectivity index (χ0n) is 11.7. The van der Waals surface area contributed by atoms with E-state index in [0.29, 0.717) is 0 Å². The van der Waals surface area contributed by atoms with Crippen LogP contribution in [0.25, 0.3) is 0 Å². The zero-order valence-corrected chi connectivity index (χ0v) is 14.0. The highest BCUT2D eigenvalue weighted by Gasteiger charge is 2.12. The van der Waals surface area contributed by atoms with Crippen molar-refractivity contribution in [2.75, 3.05) is 24.3 Å². The lowest BCUT2D eigenvalue weighted by Gasteiger charge is -2.22. The third kappa shape index (κ3) is 3.44. The number of benzene rings is 1. The fourth-order valence-corrected chi connectivity index (χ4v) is 2.89. The van der Waals surface area contributed by atoms with Crippen molar-refractivity contribution in [3.05, 3.63) is 51.7 Å². The predicted molar refractivity (Wildman–Crippen MR) is 89.8 cm³/mol. The summed E-state index contributed by atoms with van der Waals surface area (Å²) in [6, 6.07) is 8.01. The van der Waals surface area contributed by atoms with Crippen molar-refractivity contribution in [3.63, 3.8) is 0 Å². The number of hydrogen-bond acceptors (Lipinski definition) is 3. The lowest BCUT2D eigenvalue weighted by atomic mass is 10.1. The van der Waals surface area contributed by atoms with Crippen molar-refractivity contribution in [1.29, 1.82) is 0 Å². The predicted octanol–water partition coefficient (Wildman–Crippen LogP) is 4.74. The van der Waals surface area contributed by atoms with Crippen molar-refractivity contribution < 1.29 is 0 Å². The van der Waals surface area contributed by atoms with E-state index in [0.717, 1.165) is 26.4 Å². The number of nitrogens with zero attached hydrogens (tertiary/aromatic N) is 2. The van der Waals surface area contributed by atoms with Gasteiger partial charge in [-0.3, -0.25) is 4.98 Å². The maximum absolute atomic E-state index is 6.30. The van der Waals surface area contributed by atoms with Crippen LogP contribution in [0.15, 0.2) is 41.1 Å². The van der Waals surface area contributed by atoms with Crippen molar-refractivity contribution >= 4 is 38.9 Å². The third-order valence-corrected chi connectivity index (χ3v) is 3.90. The molecule has 3 nitrogen and oxygen atoms in total. The average molecular weight is 355 g/mol. The molecule has 1 atom stereocenters. The van der Waals surface area contributed by atoms with E-state index in [9.17, 15) is 0 Å². The van der Waals surface area contributed by atoms with Crippen molar-refractivity contribution in [2.45, 2.75) is 13.0 Å². The summed E-state index contributed by atoms with van der Waals surface area (Å²) in [6.07, 6.45) is 3.62.